The van der Waals surface area contributed by atoms with Crippen molar-refractivity contribution >= 4 is 11.8 Å². The number of rotatable bonds is 10. The number of nitrogens with one attached hydrogen (secondary N) is 1. The zero-order valence-electron chi connectivity index (χ0n) is 12.8. The van der Waals surface area contributed by atoms with Crippen molar-refractivity contribution in [1.29, 1.82) is 0 Å². The van der Waals surface area contributed by atoms with Gasteiger partial charge in [0.25, 0.3) is 5.56 Å². The number of carboxylic acid groups (broad SMARTS) is 1. The summed E-state index contributed by atoms with van der Waals surface area (Å²) in [6, 6.07) is 0. The summed E-state index contributed by atoms with van der Waals surface area (Å²) in [6.45, 7) is 5.27. The molecule has 0 aliphatic heterocycles. The Bertz CT molecular complexity index is 499. The van der Waals surface area contributed by atoms with E-state index in [9.17, 15) is 9.59 Å². The van der Waals surface area contributed by atoms with Crippen molar-refractivity contribution in [2.24, 2.45) is 5.92 Å². The van der Waals surface area contributed by atoms with E-state index in [1.807, 2.05) is 6.92 Å². The van der Waals surface area contributed by atoms with Crippen LogP contribution in [0.1, 0.15) is 46.0 Å². The molecule has 1 aromatic rings. The van der Waals surface area contributed by atoms with Crippen LogP contribution < -0.4 is 10.9 Å². The maximum absolute atomic E-state index is 12.0. The van der Waals surface area contributed by atoms with Crippen LogP contribution >= 0.6 is 0 Å². The van der Waals surface area contributed by atoms with Gasteiger partial charge in [-0.2, -0.15) is 0 Å². The Balaban J connectivity index is 2.50. The normalized spacial score (nSPS) is 12.1. The largest absolute Gasteiger partial charge is 0.481 e. The summed E-state index contributed by atoms with van der Waals surface area (Å²) >= 11 is 0. The Morgan fingerprint density at radius 1 is 1.38 bits per heavy atom. The second-order valence-corrected chi connectivity index (χ2v) is 5.17. The Hall–Kier alpha value is -1.85. The summed E-state index contributed by atoms with van der Waals surface area (Å²) in [5.41, 5.74) is -0.113. The summed E-state index contributed by atoms with van der Waals surface area (Å²) in [5.74, 6) is -0.0110. The van der Waals surface area contributed by atoms with E-state index in [-0.39, 0.29) is 12.0 Å². The Morgan fingerprint density at radius 2 is 2.14 bits per heavy atom. The van der Waals surface area contributed by atoms with Crippen LogP contribution in [0.5, 0.6) is 0 Å². The predicted molar refractivity (Wildman–Crippen MR) is 82.5 cm³/mol. The maximum Gasteiger partial charge on any atom is 0.303 e. The van der Waals surface area contributed by atoms with E-state index in [4.69, 9.17) is 5.11 Å². The molecule has 0 bridgehead atoms. The molecular weight excluding hydrogens is 270 g/mol. The van der Waals surface area contributed by atoms with Crippen molar-refractivity contribution in [1.82, 2.24) is 9.55 Å². The van der Waals surface area contributed by atoms with Gasteiger partial charge in [-0.05, 0) is 25.7 Å². The number of carboxylic acids is 1. The molecule has 21 heavy (non-hydrogen) atoms. The van der Waals surface area contributed by atoms with Gasteiger partial charge in [-0.15, -0.1) is 0 Å². The quantitative estimate of drug-likeness (QED) is 0.692. The zero-order valence-corrected chi connectivity index (χ0v) is 12.8. The van der Waals surface area contributed by atoms with E-state index in [1.165, 1.54) is 0 Å². The smallest absolute Gasteiger partial charge is 0.303 e. The van der Waals surface area contributed by atoms with E-state index in [0.29, 0.717) is 31.2 Å². The van der Waals surface area contributed by atoms with Crippen molar-refractivity contribution in [2.45, 2.75) is 52.5 Å². The van der Waals surface area contributed by atoms with Gasteiger partial charge in [-0.25, -0.2) is 4.98 Å². The average molecular weight is 295 g/mol. The Kier molecular flexibility index (Phi) is 7.50. The second-order valence-electron chi connectivity index (χ2n) is 5.17. The molecule has 0 saturated heterocycles. The molecule has 0 radical (unpaired) electrons. The van der Waals surface area contributed by atoms with Crippen molar-refractivity contribution in [3.8, 4) is 0 Å². The highest BCUT2D eigenvalue weighted by molar-refractivity contribution is 5.66. The third kappa shape index (κ3) is 5.97. The molecule has 1 atom stereocenters. The van der Waals surface area contributed by atoms with Gasteiger partial charge in [0.15, 0.2) is 5.82 Å². The SMILES string of the molecule is CCCC(CCNc1nccn(CC)c1=O)CCC(=O)O. The minimum Gasteiger partial charge on any atom is -0.481 e. The molecule has 1 rings (SSSR count). The molecule has 6 nitrogen and oxygen atoms in total. The standard InChI is InChI=1S/C15H25N3O3/c1-3-5-12(6-7-13(19)20)8-9-16-14-15(21)18(4-2)11-10-17-14/h10-12H,3-9H2,1-2H3,(H,16,17)(H,19,20). The number of nitrogens with zero attached hydrogens (tertiary/aromatic N) is 2. The summed E-state index contributed by atoms with van der Waals surface area (Å²) in [7, 11) is 0. The summed E-state index contributed by atoms with van der Waals surface area (Å²) in [5, 5.41) is 11.8. The van der Waals surface area contributed by atoms with Crippen LogP contribution in [-0.4, -0.2) is 27.2 Å². The number of aromatic nitrogens is 2. The maximum atomic E-state index is 12.0. The number of aliphatic carboxylic acids is 1. The third-order valence-electron chi connectivity index (χ3n) is 3.56. The first-order chi connectivity index (χ1) is 10.1. The van der Waals surface area contributed by atoms with Crippen molar-refractivity contribution in [3.05, 3.63) is 22.7 Å². The topological polar surface area (TPSA) is 84.2 Å². The number of hydrogen-bond acceptors (Lipinski definition) is 4. The average Bonchev–Trinajstić information content (AvgIpc) is 2.46. The molecule has 0 fully saturated rings. The lowest BCUT2D eigenvalue weighted by molar-refractivity contribution is -0.137. The first-order valence-corrected chi connectivity index (χ1v) is 7.59. The minimum atomic E-state index is -0.750. The van der Waals surface area contributed by atoms with Crippen molar-refractivity contribution < 1.29 is 9.90 Å². The van der Waals surface area contributed by atoms with Gasteiger partial charge in [-0.3, -0.25) is 9.59 Å². The molecule has 0 spiro atoms. The molecule has 1 unspecified atom stereocenters. The molecule has 1 heterocycles. The molecule has 0 saturated carbocycles. The Morgan fingerprint density at radius 3 is 2.76 bits per heavy atom. The number of hydrogen-bond donors (Lipinski definition) is 2. The van der Waals surface area contributed by atoms with Crippen LogP contribution in [0.3, 0.4) is 0 Å². The van der Waals surface area contributed by atoms with E-state index in [1.54, 1.807) is 17.0 Å². The van der Waals surface area contributed by atoms with E-state index >= 15 is 0 Å². The van der Waals surface area contributed by atoms with Crippen LogP contribution in [-0.2, 0) is 11.3 Å². The molecule has 0 aliphatic carbocycles. The van der Waals surface area contributed by atoms with Crippen LogP contribution in [0.15, 0.2) is 17.2 Å². The molecule has 0 aliphatic rings. The third-order valence-corrected chi connectivity index (χ3v) is 3.56. The minimum absolute atomic E-state index is 0.113. The predicted octanol–water partition coefficient (Wildman–Crippen LogP) is 2.35. The Labute approximate surface area is 125 Å². The van der Waals surface area contributed by atoms with Gasteiger partial charge in [-0.1, -0.05) is 19.8 Å². The van der Waals surface area contributed by atoms with E-state index in [2.05, 4.69) is 17.2 Å². The van der Waals surface area contributed by atoms with Crippen LogP contribution in [0.25, 0.3) is 0 Å². The fourth-order valence-electron chi connectivity index (χ4n) is 2.38. The number of aryl methyl sites for hydroxylation is 1. The van der Waals surface area contributed by atoms with Gasteiger partial charge in [0, 0.05) is 31.9 Å². The summed E-state index contributed by atoms with van der Waals surface area (Å²) in [4.78, 5) is 26.7. The first-order valence-electron chi connectivity index (χ1n) is 7.59. The van der Waals surface area contributed by atoms with Crippen molar-refractivity contribution in [3.63, 3.8) is 0 Å². The lowest BCUT2D eigenvalue weighted by Gasteiger charge is -2.15. The van der Waals surface area contributed by atoms with Crippen LogP contribution in [0.4, 0.5) is 5.82 Å². The molecule has 1 aromatic heterocycles. The van der Waals surface area contributed by atoms with Gasteiger partial charge in [0.2, 0.25) is 0 Å². The molecular formula is C15H25N3O3. The van der Waals surface area contributed by atoms with Gasteiger partial charge >= 0.3 is 5.97 Å². The zero-order chi connectivity index (χ0) is 15.7. The highest BCUT2D eigenvalue weighted by Crippen LogP contribution is 2.17. The van der Waals surface area contributed by atoms with Gasteiger partial charge < -0.3 is 15.0 Å². The van der Waals surface area contributed by atoms with Crippen LogP contribution in [0, 0.1) is 5.92 Å². The lowest BCUT2D eigenvalue weighted by atomic mass is 9.94. The highest BCUT2D eigenvalue weighted by atomic mass is 16.4. The molecule has 0 aromatic carbocycles. The number of anilines is 1. The molecule has 6 heteroatoms. The van der Waals surface area contributed by atoms with Gasteiger partial charge in [0.05, 0.1) is 0 Å². The second kappa shape index (κ2) is 9.15. The number of carbonyl (C=O) groups is 1. The monoisotopic (exact) mass is 295 g/mol. The molecule has 118 valence electrons. The van der Waals surface area contributed by atoms with Crippen molar-refractivity contribution in [2.75, 3.05) is 11.9 Å². The van der Waals surface area contributed by atoms with E-state index in [0.717, 1.165) is 19.3 Å². The summed E-state index contributed by atoms with van der Waals surface area (Å²) in [6.07, 6.45) is 7.07. The van der Waals surface area contributed by atoms with Gasteiger partial charge in [0.1, 0.15) is 0 Å². The fourth-order valence-corrected chi connectivity index (χ4v) is 2.38. The summed E-state index contributed by atoms with van der Waals surface area (Å²) < 4.78 is 1.60. The first kappa shape index (κ1) is 17.2. The molecule has 2 N–H and O–H groups in total. The highest BCUT2D eigenvalue weighted by Gasteiger charge is 2.11. The molecule has 0 amide bonds. The lowest BCUT2D eigenvalue weighted by Crippen LogP contribution is -2.24. The van der Waals surface area contributed by atoms with E-state index < -0.39 is 5.97 Å². The fraction of sp³-hybridized carbons (Fsp3) is 0.667. The van der Waals surface area contributed by atoms with Crippen LogP contribution in [0.2, 0.25) is 0 Å².